The summed E-state index contributed by atoms with van der Waals surface area (Å²) in [6.45, 7) is 13.2. The second-order valence-corrected chi connectivity index (χ2v) is 11.4. The fourth-order valence-corrected chi connectivity index (χ4v) is 3.40. The van der Waals surface area contributed by atoms with Gasteiger partial charge in [0.25, 0.3) is 0 Å². The predicted octanol–water partition coefficient (Wildman–Crippen LogP) is 4.85. The second-order valence-electron chi connectivity index (χ2n) is 6.69. The molecule has 2 atom stereocenters. The van der Waals surface area contributed by atoms with Gasteiger partial charge in [0.15, 0.2) is 8.32 Å². The molecule has 1 nitrogen and oxygen atoms in total. The van der Waals surface area contributed by atoms with Gasteiger partial charge >= 0.3 is 0 Å². The standard InChI is InChI=1S/C14H27FOSi/c1-7-11-8-12(15)10-13(9-11)16-17(5,6)14(2,3)4/h7,12-13H,8-10H2,1-6H3. The molecule has 0 N–H and O–H groups in total. The average Bonchev–Trinajstić information content (AvgIpc) is 2.14. The van der Waals surface area contributed by atoms with Crippen molar-refractivity contribution >= 4 is 8.32 Å². The largest absolute Gasteiger partial charge is 0.414 e. The van der Waals surface area contributed by atoms with Crippen molar-refractivity contribution < 1.29 is 8.82 Å². The zero-order valence-electron chi connectivity index (χ0n) is 12.1. The maximum absolute atomic E-state index is 13.6. The Bertz CT molecular complexity index is 291. The van der Waals surface area contributed by atoms with Gasteiger partial charge in [-0.05, 0) is 37.9 Å². The van der Waals surface area contributed by atoms with E-state index in [9.17, 15) is 4.39 Å². The molecule has 1 aliphatic carbocycles. The van der Waals surface area contributed by atoms with Gasteiger partial charge in [0.05, 0.1) is 6.10 Å². The number of hydrogen-bond acceptors (Lipinski definition) is 1. The van der Waals surface area contributed by atoms with Crippen LogP contribution in [0.3, 0.4) is 0 Å². The van der Waals surface area contributed by atoms with E-state index < -0.39 is 14.5 Å². The number of hydrogen-bond donors (Lipinski definition) is 0. The summed E-state index contributed by atoms with van der Waals surface area (Å²) in [5.74, 6) is 0. The van der Waals surface area contributed by atoms with Crippen LogP contribution in [-0.4, -0.2) is 20.6 Å². The Kier molecular flexibility index (Phi) is 4.58. The van der Waals surface area contributed by atoms with Crippen molar-refractivity contribution in [1.29, 1.82) is 0 Å². The minimum absolute atomic E-state index is 0.0887. The van der Waals surface area contributed by atoms with E-state index in [1.54, 1.807) is 0 Å². The summed E-state index contributed by atoms with van der Waals surface area (Å²) in [5, 5.41) is 0.201. The van der Waals surface area contributed by atoms with E-state index in [1.807, 2.05) is 13.0 Å². The highest BCUT2D eigenvalue weighted by Crippen LogP contribution is 2.40. The maximum atomic E-state index is 13.6. The third-order valence-corrected chi connectivity index (χ3v) is 8.70. The number of allylic oxidation sites excluding steroid dienone is 1. The molecule has 0 radical (unpaired) electrons. The van der Waals surface area contributed by atoms with E-state index >= 15 is 0 Å². The van der Waals surface area contributed by atoms with Crippen molar-refractivity contribution in [2.24, 2.45) is 0 Å². The number of rotatable bonds is 2. The predicted molar refractivity (Wildman–Crippen MR) is 74.6 cm³/mol. The molecule has 1 fully saturated rings. The molecule has 0 spiro atoms. The van der Waals surface area contributed by atoms with Crippen LogP contribution < -0.4 is 0 Å². The van der Waals surface area contributed by atoms with Crippen LogP contribution in [0.5, 0.6) is 0 Å². The van der Waals surface area contributed by atoms with Crippen LogP contribution in [0.15, 0.2) is 11.6 Å². The molecule has 1 saturated carbocycles. The molecular weight excluding hydrogens is 231 g/mol. The van der Waals surface area contributed by atoms with Crippen molar-refractivity contribution in [3.63, 3.8) is 0 Å². The zero-order valence-corrected chi connectivity index (χ0v) is 13.1. The summed E-state index contributed by atoms with van der Waals surface area (Å²) in [5.41, 5.74) is 1.22. The molecule has 0 amide bonds. The molecule has 2 unspecified atom stereocenters. The Morgan fingerprint density at radius 3 is 2.35 bits per heavy atom. The Hall–Kier alpha value is -0.153. The van der Waals surface area contributed by atoms with E-state index in [-0.39, 0.29) is 11.1 Å². The fourth-order valence-electron chi connectivity index (χ4n) is 2.03. The van der Waals surface area contributed by atoms with Crippen molar-refractivity contribution in [3.8, 4) is 0 Å². The molecule has 1 aliphatic rings. The summed E-state index contributed by atoms with van der Waals surface area (Å²) in [6, 6.07) is 0. The Morgan fingerprint density at radius 2 is 1.88 bits per heavy atom. The van der Waals surface area contributed by atoms with Gasteiger partial charge in [-0.15, -0.1) is 0 Å². The average molecular weight is 258 g/mol. The SMILES string of the molecule is CC=C1CC(F)CC(O[Si](C)(C)C(C)(C)C)C1. The Morgan fingerprint density at radius 1 is 1.29 bits per heavy atom. The molecule has 0 bridgehead atoms. The molecule has 0 saturated heterocycles. The molecule has 0 aromatic carbocycles. The summed E-state index contributed by atoms with van der Waals surface area (Å²) >= 11 is 0. The molecule has 0 aromatic rings. The van der Waals surface area contributed by atoms with Gasteiger partial charge in [0.1, 0.15) is 6.17 Å². The Balaban J connectivity index is 2.69. The van der Waals surface area contributed by atoms with Gasteiger partial charge in [0, 0.05) is 6.42 Å². The highest BCUT2D eigenvalue weighted by Gasteiger charge is 2.40. The third kappa shape index (κ3) is 3.92. The van der Waals surface area contributed by atoms with E-state index in [0.717, 1.165) is 6.42 Å². The zero-order chi connectivity index (χ0) is 13.3. The van der Waals surface area contributed by atoms with Crippen molar-refractivity contribution in [2.75, 3.05) is 0 Å². The van der Waals surface area contributed by atoms with Gasteiger partial charge in [-0.3, -0.25) is 0 Å². The first-order valence-electron chi connectivity index (χ1n) is 6.61. The second kappa shape index (κ2) is 5.23. The van der Waals surface area contributed by atoms with Gasteiger partial charge in [-0.1, -0.05) is 32.4 Å². The fraction of sp³-hybridized carbons (Fsp3) is 0.857. The third-order valence-electron chi connectivity index (χ3n) is 4.17. The van der Waals surface area contributed by atoms with Gasteiger partial charge in [-0.2, -0.15) is 0 Å². The van der Waals surface area contributed by atoms with E-state index in [0.29, 0.717) is 12.8 Å². The van der Waals surface area contributed by atoms with Crippen LogP contribution >= 0.6 is 0 Å². The first kappa shape index (κ1) is 14.9. The first-order valence-corrected chi connectivity index (χ1v) is 9.52. The topological polar surface area (TPSA) is 9.23 Å². The first-order chi connectivity index (χ1) is 7.65. The van der Waals surface area contributed by atoms with Crippen LogP contribution in [0, 0.1) is 0 Å². The van der Waals surface area contributed by atoms with Crippen LogP contribution in [0.1, 0.15) is 47.0 Å². The molecule has 0 aliphatic heterocycles. The van der Waals surface area contributed by atoms with Crippen molar-refractivity contribution in [2.45, 2.75) is 77.4 Å². The quantitative estimate of drug-likeness (QED) is 0.508. The van der Waals surface area contributed by atoms with Gasteiger partial charge in [0.2, 0.25) is 0 Å². The highest BCUT2D eigenvalue weighted by atomic mass is 28.4. The lowest BCUT2D eigenvalue weighted by atomic mass is 9.91. The van der Waals surface area contributed by atoms with Crippen LogP contribution in [0.4, 0.5) is 4.39 Å². The molecule has 3 heteroatoms. The lowest BCUT2D eigenvalue weighted by molar-refractivity contribution is 0.113. The maximum Gasteiger partial charge on any atom is 0.192 e. The molecule has 17 heavy (non-hydrogen) atoms. The van der Waals surface area contributed by atoms with Gasteiger partial charge in [-0.25, -0.2) is 4.39 Å². The minimum Gasteiger partial charge on any atom is -0.414 e. The van der Waals surface area contributed by atoms with Crippen molar-refractivity contribution in [1.82, 2.24) is 0 Å². The molecule has 0 aromatic heterocycles. The van der Waals surface area contributed by atoms with Crippen LogP contribution in [-0.2, 0) is 4.43 Å². The number of halogens is 1. The molecule has 1 rings (SSSR count). The summed E-state index contributed by atoms with van der Waals surface area (Å²) < 4.78 is 19.9. The lowest BCUT2D eigenvalue weighted by Crippen LogP contribution is -2.45. The van der Waals surface area contributed by atoms with E-state index in [1.165, 1.54) is 5.57 Å². The highest BCUT2D eigenvalue weighted by molar-refractivity contribution is 6.74. The van der Waals surface area contributed by atoms with E-state index in [2.05, 4.69) is 33.9 Å². The normalized spacial score (nSPS) is 29.7. The van der Waals surface area contributed by atoms with Gasteiger partial charge < -0.3 is 4.43 Å². The Labute approximate surface area is 107 Å². The molecule has 100 valence electrons. The molecular formula is C14H27FOSi. The van der Waals surface area contributed by atoms with Crippen LogP contribution in [0.25, 0.3) is 0 Å². The summed E-state index contributed by atoms with van der Waals surface area (Å²) in [4.78, 5) is 0. The smallest absolute Gasteiger partial charge is 0.192 e. The number of alkyl halides is 1. The van der Waals surface area contributed by atoms with E-state index in [4.69, 9.17) is 4.43 Å². The van der Waals surface area contributed by atoms with Crippen molar-refractivity contribution in [3.05, 3.63) is 11.6 Å². The molecule has 0 heterocycles. The summed E-state index contributed by atoms with van der Waals surface area (Å²) in [6.07, 6.45) is 3.52. The summed E-state index contributed by atoms with van der Waals surface area (Å²) in [7, 11) is -1.76. The van der Waals surface area contributed by atoms with Crippen LogP contribution in [0.2, 0.25) is 18.1 Å². The monoisotopic (exact) mass is 258 g/mol. The minimum atomic E-state index is -1.76. The lowest BCUT2D eigenvalue weighted by Gasteiger charge is -2.41.